The van der Waals surface area contributed by atoms with E-state index < -0.39 is 0 Å². The average molecular weight is 239 g/mol. The van der Waals surface area contributed by atoms with Crippen molar-refractivity contribution in [1.29, 1.82) is 0 Å². The third-order valence-corrected chi connectivity index (χ3v) is 2.43. The molecule has 0 spiro atoms. The van der Waals surface area contributed by atoms with Crippen LogP contribution in [0.5, 0.6) is 0 Å². The lowest BCUT2D eigenvalue weighted by atomic mass is 10.2. The number of carbonyl (C=O) groups is 1. The Bertz CT molecular complexity index is 445. The second-order valence-electron chi connectivity index (χ2n) is 3.46. The maximum absolute atomic E-state index is 11.7. The number of hydrogen-bond donors (Lipinski definition) is 0. The highest BCUT2D eigenvalue weighted by Gasteiger charge is 2.24. The average Bonchev–Trinajstić information content (AvgIpc) is 2.60. The van der Waals surface area contributed by atoms with Crippen molar-refractivity contribution >= 4 is 28.9 Å². The Morgan fingerprint density at radius 1 is 1.56 bits per heavy atom. The summed E-state index contributed by atoms with van der Waals surface area (Å²) in [6.45, 7) is 0.378. The first-order chi connectivity index (χ1) is 7.70. The van der Waals surface area contributed by atoms with Gasteiger partial charge in [0, 0.05) is 12.1 Å². The third-order valence-electron chi connectivity index (χ3n) is 2.20. The number of ether oxygens (including phenoxy) is 1. The van der Waals surface area contributed by atoms with Crippen molar-refractivity contribution in [2.45, 2.75) is 6.42 Å². The molecule has 1 heterocycles. The lowest BCUT2D eigenvalue weighted by molar-refractivity contribution is -0.116. The summed E-state index contributed by atoms with van der Waals surface area (Å²) >= 11 is 5.86. The van der Waals surface area contributed by atoms with Crippen molar-refractivity contribution < 1.29 is 9.53 Å². The fraction of sp³-hybridized carbons (Fsp3) is 0.273. The summed E-state index contributed by atoms with van der Waals surface area (Å²) in [6.07, 6.45) is 0.306. The van der Waals surface area contributed by atoms with E-state index in [0.29, 0.717) is 23.7 Å². The summed E-state index contributed by atoms with van der Waals surface area (Å²) in [5.41, 5.74) is 1.41. The zero-order valence-corrected chi connectivity index (χ0v) is 9.57. The Hall–Kier alpha value is -1.39. The molecule has 0 aromatic heterocycles. The number of rotatable bonds is 3. The summed E-state index contributed by atoms with van der Waals surface area (Å²) in [5, 5.41) is 6.13. The largest absolute Gasteiger partial charge is 0.379 e. The number of benzene rings is 1. The molecule has 0 saturated heterocycles. The van der Waals surface area contributed by atoms with Crippen LogP contribution in [0.15, 0.2) is 29.4 Å². The van der Waals surface area contributed by atoms with Crippen LogP contribution in [0.25, 0.3) is 0 Å². The topological polar surface area (TPSA) is 41.9 Å². The highest BCUT2D eigenvalue weighted by atomic mass is 35.5. The van der Waals surface area contributed by atoms with Gasteiger partial charge < -0.3 is 4.74 Å². The van der Waals surface area contributed by atoms with Crippen LogP contribution in [0, 0.1) is 0 Å². The van der Waals surface area contributed by atoms with Gasteiger partial charge in [0.1, 0.15) is 0 Å². The quantitative estimate of drug-likeness (QED) is 0.809. The van der Waals surface area contributed by atoms with E-state index in [1.807, 2.05) is 0 Å². The monoisotopic (exact) mass is 238 g/mol. The summed E-state index contributed by atoms with van der Waals surface area (Å²) in [4.78, 5) is 11.7. The minimum absolute atomic E-state index is 0.0608. The van der Waals surface area contributed by atoms with Gasteiger partial charge in [-0.15, -0.1) is 0 Å². The van der Waals surface area contributed by atoms with E-state index in [1.54, 1.807) is 31.4 Å². The summed E-state index contributed by atoms with van der Waals surface area (Å²) in [6, 6.07) is 7.04. The smallest absolute Gasteiger partial charge is 0.253 e. The zero-order chi connectivity index (χ0) is 11.5. The van der Waals surface area contributed by atoms with Gasteiger partial charge >= 0.3 is 0 Å². The fourth-order valence-electron chi connectivity index (χ4n) is 1.54. The van der Waals surface area contributed by atoms with Gasteiger partial charge in [-0.2, -0.15) is 5.10 Å². The van der Waals surface area contributed by atoms with Crippen LogP contribution in [0.3, 0.4) is 0 Å². The van der Waals surface area contributed by atoms with E-state index in [4.69, 9.17) is 16.3 Å². The van der Waals surface area contributed by atoms with Crippen molar-refractivity contribution in [3.05, 3.63) is 29.3 Å². The van der Waals surface area contributed by atoms with Gasteiger partial charge in [-0.25, -0.2) is 5.01 Å². The molecule has 0 radical (unpaired) electrons. The van der Waals surface area contributed by atoms with Crippen LogP contribution < -0.4 is 5.01 Å². The molecule has 0 N–H and O–H groups in total. The van der Waals surface area contributed by atoms with Crippen molar-refractivity contribution in [2.24, 2.45) is 5.10 Å². The van der Waals surface area contributed by atoms with Crippen LogP contribution in [0.4, 0.5) is 5.69 Å². The van der Waals surface area contributed by atoms with Gasteiger partial charge in [0.05, 0.1) is 24.4 Å². The summed E-state index contributed by atoms with van der Waals surface area (Å²) in [5.74, 6) is -0.0608. The number of methoxy groups -OCH3 is 1. The number of anilines is 1. The van der Waals surface area contributed by atoms with Gasteiger partial charge in [-0.3, -0.25) is 4.79 Å². The molecule has 0 bridgehead atoms. The molecule has 0 fully saturated rings. The number of nitrogens with zero attached hydrogens (tertiary/aromatic N) is 2. The molecule has 5 heteroatoms. The Kier molecular flexibility index (Phi) is 3.22. The SMILES string of the molecule is COCC1=NN(c2cccc(Cl)c2)C(=O)C1. The van der Waals surface area contributed by atoms with E-state index in [-0.39, 0.29) is 5.91 Å². The molecule has 0 unspecified atom stereocenters. The Morgan fingerprint density at radius 2 is 2.38 bits per heavy atom. The highest BCUT2D eigenvalue weighted by Crippen LogP contribution is 2.23. The normalized spacial score (nSPS) is 15.5. The lowest BCUT2D eigenvalue weighted by Crippen LogP contribution is -2.19. The molecule has 1 aromatic rings. The van der Waals surface area contributed by atoms with E-state index in [9.17, 15) is 4.79 Å². The molecule has 84 valence electrons. The first kappa shape index (κ1) is 11.1. The Morgan fingerprint density at radius 3 is 3.06 bits per heavy atom. The molecule has 1 amide bonds. The van der Waals surface area contributed by atoms with Gasteiger partial charge in [0.2, 0.25) is 0 Å². The van der Waals surface area contributed by atoms with Gasteiger partial charge in [0.15, 0.2) is 0 Å². The fourth-order valence-corrected chi connectivity index (χ4v) is 1.72. The number of hydrazone groups is 1. The van der Waals surface area contributed by atoms with Crippen LogP contribution in [0.2, 0.25) is 5.02 Å². The number of carbonyl (C=O) groups excluding carboxylic acids is 1. The van der Waals surface area contributed by atoms with Crippen LogP contribution >= 0.6 is 11.6 Å². The second-order valence-corrected chi connectivity index (χ2v) is 3.90. The molecule has 16 heavy (non-hydrogen) atoms. The van der Waals surface area contributed by atoms with Crippen molar-refractivity contribution in [2.75, 3.05) is 18.7 Å². The molecule has 0 saturated carbocycles. The molecule has 0 atom stereocenters. The molecule has 1 aliphatic rings. The summed E-state index contributed by atoms with van der Waals surface area (Å²) < 4.78 is 4.95. The number of halogens is 1. The third kappa shape index (κ3) is 2.23. The van der Waals surface area contributed by atoms with E-state index in [2.05, 4.69) is 5.10 Å². The molecule has 1 aliphatic heterocycles. The maximum Gasteiger partial charge on any atom is 0.253 e. The minimum atomic E-state index is -0.0608. The van der Waals surface area contributed by atoms with E-state index in [0.717, 1.165) is 5.71 Å². The van der Waals surface area contributed by atoms with Crippen molar-refractivity contribution in [1.82, 2.24) is 0 Å². The van der Waals surface area contributed by atoms with Gasteiger partial charge in [-0.05, 0) is 18.2 Å². The maximum atomic E-state index is 11.7. The first-order valence-corrected chi connectivity index (χ1v) is 5.22. The standard InChI is InChI=1S/C11H11ClN2O2/c1-16-7-9-6-11(15)14(13-9)10-4-2-3-8(12)5-10/h2-5H,6-7H2,1H3. The summed E-state index contributed by atoms with van der Waals surface area (Å²) in [7, 11) is 1.58. The van der Waals surface area contributed by atoms with Gasteiger partial charge in [-0.1, -0.05) is 17.7 Å². The highest BCUT2D eigenvalue weighted by molar-refractivity contribution is 6.31. The second kappa shape index (κ2) is 4.63. The zero-order valence-electron chi connectivity index (χ0n) is 8.81. The molecule has 1 aromatic carbocycles. The Balaban J connectivity index is 2.24. The number of amides is 1. The predicted octanol–water partition coefficient (Wildman–Crippen LogP) is 2.08. The van der Waals surface area contributed by atoms with Crippen LogP contribution in [-0.4, -0.2) is 25.3 Å². The van der Waals surface area contributed by atoms with Gasteiger partial charge in [0.25, 0.3) is 5.91 Å². The molecular weight excluding hydrogens is 228 g/mol. The van der Waals surface area contributed by atoms with E-state index in [1.165, 1.54) is 5.01 Å². The number of hydrogen-bond acceptors (Lipinski definition) is 3. The predicted molar refractivity (Wildman–Crippen MR) is 62.9 cm³/mol. The molecule has 4 nitrogen and oxygen atoms in total. The minimum Gasteiger partial charge on any atom is -0.379 e. The first-order valence-electron chi connectivity index (χ1n) is 4.84. The van der Waals surface area contributed by atoms with Crippen molar-refractivity contribution in [3.8, 4) is 0 Å². The molecular formula is C11H11ClN2O2. The van der Waals surface area contributed by atoms with Crippen LogP contribution in [0.1, 0.15) is 6.42 Å². The Labute approximate surface area is 98.5 Å². The van der Waals surface area contributed by atoms with E-state index >= 15 is 0 Å². The lowest BCUT2D eigenvalue weighted by Gasteiger charge is -2.11. The molecule has 2 rings (SSSR count). The molecule has 0 aliphatic carbocycles. The van der Waals surface area contributed by atoms with Crippen LogP contribution in [-0.2, 0) is 9.53 Å². The van der Waals surface area contributed by atoms with Crippen molar-refractivity contribution in [3.63, 3.8) is 0 Å².